The molecule has 22 heavy (non-hydrogen) atoms. The summed E-state index contributed by atoms with van der Waals surface area (Å²) in [6.07, 6.45) is 0.455. The summed E-state index contributed by atoms with van der Waals surface area (Å²) in [4.78, 5) is 12.5. The molecule has 0 saturated carbocycles. The highest BCUT2D eigenvalue weighted by Gasteiger charge is 2.23. The van der Waals surface area contributed by atoms with Crippen molar-refractivity contribution >= 4 is 17.5 Å². The van der Waals surface area contributed by atoms with Crippen molar-refractivity contribution < 1.29 is 9.90 Å². The second-order valence-electron chi connectivity index (χ2n) is 6.30. The minimum atomic E-state index is 0.0551. The molecule has 0 heterocycles. The number of benzene rings is 2. The third-order valence-corrected chi connectivity index (χ3v) is 4.66. The molecule has 2 aromatic carbocycles. The summed E-state index contributed by atoms with van der Waals surface area (Å²) in [5.41, 5.74) is 1.82. The van der Waals surface area contributed by atoms with Crippen molar-refractivity contribution in [2.75, 3.05) is 0 Å². The number of phenolic OH excluding ortho intramolecular Hbond substituents is 1. The highest BCUT2D eigenvalue weighted by molar-refractivity contribution is 8.00. The summed E-state index contributed by atoms with van der Waals surface area (Å²) >= 11 is 1.78. The molecule has 0 aliphatic heterocycles. The Kier molecular flexibility index (Phi) is 5.30. The molecule has 0 radical (unpaired) electrons. The van der Waals surface area contributed by atoms with Gasteiger partial charge in [0.05, 0.1) is 0 Å². The quantitative estimate of drug-likeness (QED) is 0.767. The molecule has 1 N–H and O–H groups in total. The number of phenols is 1. The van der Waals surface area contributed by atoms with E-state index in [2.05, 4.69) is 20.8 Å². The van der Waals surface area contributed by atoms with E-state index in [1.54, 1.807) is 23.9 Å². The number of Topliss-reactive ketones (excluding diaryl/α,β-unsaturated/α-hetero) is 1. The van der Waals surface area contributed by atoms with Crippen LogP contribution >= 0.6 is 11.8 Å². The second-order valence-corrected chi connectivity index (χ2v) is 8.33. The number of ketones is 1. The Bertz CT molecular complexity index is 612. The third-order valence-electron chi connectivity index (χ3n) is 3.23. The average Bonchev–Trinajstić information content (AvgIpc) is 2.47. The Hall–Kier alpha value is -1.74. The summed E-state index contributed by atoms with van der Waals surface area (Å²) in [5, 5.41) is 9.53. The number of hydrogen-bond acceptors (Lipinski definition) is 3. The van der Waals surface area contributed by atoms with E-state index in [0.717, 1.165) is 11.1 Å². The van der Waals surface area contributed by atoms with Crippen molar-refractivity contribution in [1.82, 2.24) is 0 Å². The van der Waals surface area contributed by atoms with Crippen molar-refractivity contribution in [2.45, 2.75) is 37.2 Å². The average molecular weight is 314 g/mol. The Morgan fingerprint density at radius 3 is 2.18 bits per heavy atom. The molecule has 0 amide bonds. The van der Waals surface area contributed by atoms with Crippen LogP contribution in [-0.4, -0.2) is 15.6 Å². The monoisotopic (exact) mass is 314 g/mol. The highest BCUT2D eigenvalue weighted by Crippen LogP contribution is 2.41. The zero-order valence-corrected chi connectivity index (χ0v) is 14.1. The Balaban J connectivity index is 2.21. The van der Waals surface area contributed by atoms with Gasteiger partial charge >= 0.3 is 0 Å². The van der Waals surface area contributed by atoms with Crippen molar-refractivity contribution in [3.63, 3.8) is 0 Å². The van der Waals surface area contributed by atoms with Gasteiger partial charge < -0.3 is 5.11 Å². The maximum Gasteiger partial charge on any atom is 0.164 e. The first-order valence-electron chi connectivity index (χ1n) is 7.40. The van der Waals surface area contributed by atoms with Gasteiger partial charge in [-0.3, -0.25) is 4.79 Å². The molecule has 0 aliphatic carbocycles. The number of carbonyl (C=O) groups is 1. The summed E-state index contributed by atoms with van der Waals surface area (Å²) in [7, 11) is 0. The lowest BCUT2D eigenvalue weighted by Crippen LogP contribution is -2.14. The van der Waals surface area contributed by atoms with E-state index in [0.29, 0.717) is 6.42 Å². The zero-order chi connectivity index (χ0) is 16.2. The minimum absolute atomic E-state index is 0.0551. The predicted octanol–water partition coefficient (Wildman–Crippen LogP) is 5.24. The highest BCUT2D eigenvalue weighted by atomic mass is 32.2. The van der Waals surface area contributed by atoms with Gasteiger partial charge in [-0.15, -0.1) is 11.8 Å². The fourth-order valence-corrected chi connectivity index (χ4v) is 3.64. The summed E-state index contributed by atoms with van der Waals surface area (Å²) in [5.74, 6) is 0.396. The predicted molar refractivity (Wildman–Crippen MR) is 93.6 cm³/mol. The van der Waals surface area contributed by atoms with Crippen LogP contribution in [0, 0.1) is 0 Å². The maximum absolute atomic E-state index is 12.5. The number of carbonyl (C=O) groups excluding carboxylic acids is 1. The first-order valence-corrected chi connectivity index (χ1v) is 8.28. The standard InChI is InChI=1S/C19H22O2S/c1-19(2,3)22-18(15-9-11-16(20)12-10-15)13-17(21)14-7-5-4-6-8-14/h4-12,18,20H,13H2,1-3H3. The molecule has 0 saturated heterocycles. The van der Waals surface area contributed by atoms with Gasteiger partial charge in [0.25, 0.3) is 0 Å². The van der Waals surface area contributed by atoms with Crippen molar-refractivity contribution in [3.8, 4) is 5.75 Å². The van der Waals surface area contributed by atoms with Gasteiger partial charge in [0.15, 0.2) is 5.78 Å². The number of aromatic hydroxyl groups is 1. The topological polar surface area (TPSA) is 37.3 Å². The van der Waals surface area contributed by atoms with Crippen LogP contribution in [0.25, 0.3) is 0 Å². The van der Waals surface area contributed by atoms with Crippen LogP contribution in [0.4, 0.5) is 0 Å². The molecular weight excluding hydrogens is 292 g/mol. The lowest BCUT2D eigenvalue weighted by atomic mass is 10.0. The maximum atomic E-state index is 12.5. The molecule has 3 heteroatoms. The largest absolute Gasteiger partial charge is 0.508 e. The van der Waals surface area contributed by atoms with Crippen LogP contribution in [0.3, 0.4) is 0 Å². The first-order chi connectivity index (χ1) is 10.3. The van der Waals surface area contributed by atoms with Crippen LogP contribution in [-0.2, 0) is 0 Å². The van der Waals surface area contributed by atoms with Crippen LogP contribution < -0.4 is 0 Å². The van der Waals surface area contributed by atoms with Gasteiger partial charge in [0.2, 0.25) is 0 Å². The fourth-order valence-electron chi connectivity index (χ4n) is 2.25. The molecule has 2 rings (SSSR count). The van der Waals surface area contributed by atoms with E-state index >= 15 is 0 Å². The van der Waals surface area contributed by atoms with Crippen molar-refractivity contribution in [2.24, 2.45) is 0 Å². The van der Waals surface area contributed by atoms with Gasteiger partial charge in [0.1, 0.15) is 5.75 Å². The molecule has 0 fully saturated rings. The molecule has 2 aromatic rings. The fraction of sp³-hybridized carbons (Fsp3) is 0.316. The number of rotatable bonds is 5. The molecule has 2 nitrogen and oxygen atoms in total. The normalized spacial score (nSPS) is 12.9. The van der Waals surface area contributed by atoms with Gasteiger partial charge in [-0.05, 0) is 17.7 Å². The van der Waals surface area contributed by atoms with Gasteiger partial charge in [0, 0.05) is 22.0 Å². The van der Waals surface area contributed by atoms with E-state index in [1.807, 2.05) is 42.5 Å². The second kappa shape index (κ2) is 7.01. The summed E-state index contributed by atoms with van der Waals surface area (Å²) in [6.45, 7) is 6.45. The van der Waals surface area contributed by atoms with E-state index in [-0.39, 0.29) is 21.5 Å². The molecule has 0 bridgehead atoms. The van der Waals surface area contributed by atoms with Gasteiger partial charge in [-0.2, -0.15) is 0 Å². The molecular formula is C19H22O2S. The Morgan fingerprint density at radius 2 is 1.64 bits per heavy atom. The SMILES string of the molecule is CC(C)(C)SC(CC(=O)c1ccccc1)c1ccc(O)cc1. The Labute approximate surface area is 136 Å². The lowest BCUT2D eigenvalue weighted by molar-refractivity contribution is 0.0982. The first kappa shape index (κ1) is 16.6. The lowest BCUT2D eigenvalue weighted by Gasteiger charge is -2.26. The number of hydrogen-bond donors (Lipinski definition) is 1. The summed E-state index contributed by atoms with van der Waals surface area (Å²) < 4.78 is 0.0551. The molecule has 0 aliphatic rings. The van der Waals surface area contributed by atoms with Crippen LogP contribution in [0.1, 0.15) is 48.4 Å². The zero-order valence-electron chi connectivity index (χ0n) is 13.2. The van der Waals surface area contributed by atoms with Crippen molar-refractivity contribution in [3.05, 3.63) is 65.7 Å². The van der Waals surface area contributed by atoms with Crippen LogP contribution in [0.15, 0.2) is 54.6 Å². The summed E-state index contributed by atoms with van der Waals surface area (Å²) in [6, 6.07) is 16.6. The molecule has 1 atom stereocenters. The molecule has 0 aromatic heterocycles. The van der Waals surface area contributed by atoms with E-state index in [9.17, 15) is 9.90 Å². The van der Waals surface area contributed by atoms with E-state index in [4.69, 9.17) is 0 Å². The molecule has 116 valence electrons. The van der Waals surface area contributed by atoms with E-state index < -0.39 is 0 Å². The smallest absolute Gasteiger partial charge is 0.164 e. The third kappa shape index (κ3) is 4.92. The number of thioether (sulfide) groups is 1. The van der Waals surface area contributed by atoms with Crippen LogP contribution in [0.5, 0.6) is 5.75 Å². The van der Waals surface area contributed by atoms with Gasteiger partial charge in [-0.1, -0.05) is 63.2 Å². The van der Waals surface area contributed by atoms with Crippen LogP contribution in [0.2, 0.25) is 0 Å². The van der Waals surface area contributed by atoms with E-state index in [1.165, 1.54) is 0 Å². The van der Waals surface area contributed by atoms with Crippen molar-refractivity contribution in [1.29, 1.82) is 0 Å². The molecule has 0 spiro atoms. The Morgan fingerprint density at radius 1 is 1.05 bits per heavy atom. The van der Waals surface area contributed by atoms with Gasteiger partial charge in [-0.25, -0.2) is 0 Å². The minimum Gasteiger partial charge on any atom is -0.508 e. The molecule has 1 unspecified atom stereocenters.